The van der Waals surface area contributed by atoms with E-state index in [4.69, 9.17) is 0 Å². The SMILES string of the molecule is Cc1ccccc1CNC(=O)Nc1cc(-c2ccccc2)n(C)n1. The zero-order valence-electron chi connectivity index (χ0n) is 13.8. The number of benzene rings is 2. The van der Waals surface area contributed by atoms with Gasteiger partial charge >= 0.3 is 6.03 Å². The average molecular weight is 320 g/mol. The number of carbonyl (C=O) groups excluding carboxylic acids is 1. The van der Waals surface area contributed by atoms with Gasteiger partial charge in [-0.25, -0.2) is 4.79 Å². The fourth-order valence-corrected chi connectivity index (χ4v) is 2.55. The molecule has 0 bridgehead atoms. The van der Waals surface area contributed by atoms with Gasteiger partial charge in [-0.05, 0) is 23.6 Å². The van der Waals surface area contributed by atoms with Gasteiger partial charge in [-0.3, -0.25) is 10.00 Å². The van der Waals surface area contributed by atoms with Crippen LogP contribution in [0.1, 0.15) is 11.1 Å². The Morgan fingerprint density at radius 2 is 1.79 bits per heavy atom. The lowest BCUT2D eigenvalue weighted by atomic mass is 10.1. The number of rotatable bonds is 4. The molecule has 2 aromatic carbocycles. The number of hydrogen-bond donors (Lipinski definition) is 2. The van der Waals surface area contributed by atoms with Gasteiger partial charge in [0.2, 0.25) is 0 Å². The van der Waals surface area contributed by atoms with Gasteiger partial charge in [-0.1, -0.05) is 54.6 Å². The number of amides is 2. The lowest BCUT2D eigenvalue weighted by molar-refractivity contribution is 0.251. The summed E-state index contributed by atoms with van der Waals surface area (Å²) in [5.74, 6) is 0.527. The monoisotopic (exact) mass is 320 g/mol. The van der Waals surface area contributed by atoms with E-state index in [9.17, 15) is 4.79 Å². The molecule has 3 aromatic rings. The van der Waals surface area contributed by atoms with Crippen LogP contribution in [0.4, 0.5) is 10.6 Å². The molecule has 0 spiro atoms. The predicted octanol–water partition coefficient (Wildman–Crippen LogP) is 3.72. The Kier molecular flexibility index (Phi) is 4.61. The van der Waals surface area contributed by atoms with E-state index >= 15 is 0 Å². The molecule has 2 N–H and O–H groups in total. The number of nitrogens with one attached hydrogen (secondary N) is 2. The summed E-state index contributed by atoms with van der Waals surface area (Å²) in [5, 5.41) is 9.98. The third-order valence-electron chi connectivity index (χ3n) is 3.89. The highest BCUT2D eigenvalue weighted by Gasteiger charge is 2.10. The molecule has 0 radical (unpaired) electrons. The van der Waals surface area contributed by atoms with E-state index < -0.39 is 0 Å². The third-order valence-corrected chi connectivity index (χ3v) is 3.89. The van der Waals surface area contributed by atoms with Crippen LogP contribution in [0, 0.1) is 6.92 Å². The molecule has 1 aromatic heterocycles. The summed E-state index contributed by atoms with van der Waals surface area (Å²) in [7, 11) is 1.86. The number of hydrogen-bond acceptors (Lipinski definition) is 2. The van der Waals surface area contributed by atoms with Crippen LogP contribution >= 0.6 is 0 Å². The van der Waals surface area contributed by atoms with Gasteiger partial charge in [0, 0.05) is 19.7 Å². The number of carbonyl (C=O) groups is 1. The van der Waals surface area contributed by atoms with Gasteiger partial charge in [0.15, 0.2) is 5.82 Å². The molecule has 1 heterocycles. The molecule has 2 amide bonds. The molecule has 0 saturated heterocycles. The summed E-state index contributed by atoms with van der Waals surface area (Å²) in [6.45, 7) is 2.51. The van der Waals surface area contributed by atoms with Crippen LogP contribution in [0.2, 0.25) is 0 Å². The van der Waals surface area contributed by atoms with Gasteiger partial charge in [-0.15, -0.1) is 0 Å². The Labute approximate surface area is 141 Å². The summed E-state index contributed by atoms with van der Waals surface area (Å²) >= 11 is 0. The van der Waals surface area contributed by atoms with E-state index in [2.05, 4.69) is 15.7 Å². The Morgan fingerprint density at radius 1 is 1.08 bits per heavy atom. The van der Waals surface area contributed by atoms with E-state index in [0.29, 0.717) is 12.4 Å². The summed E-state index contributed by atoms with van der Waals surface area (Å²) in [5.41, 5.74) is 4.26. The van der Waals surface area contributed by atoms with E-state index in [1.165, 1.54) is 0 Å². The first-order chi connectivity index (χ1) is 11.6. The number of anilines is 1. The predicted molar refractivity (Wildman–Crippen MR) is 95.7 cm³/mol. The molecule has 0 saturated carbocycles. The van der Waals surface area contributed by atoms with Crippen LogP contribution in [0.3, 0.4) is 0 Å². The minimum Gasteiger partial charge on any atom is -0.334 e. The highest BCUT2D eigenvalue weighted by molar-refractivity contribution is 5.88. The van der Waals surface area contributed by atoms with Crippen LogP contribution in [0.15, 0.2) is 60.7 Å². The first-order valence-electron chi connectivity index (χ1n) is 7.82. The van der Waals surface area contributed by atoms with Gasteiger partial charge in [0.1, 0.15) is 0 Å². The molecular weight excluding hydrogens is 300 g/mol. The maximum absolute atomic E-state index is 12.1. The van der Waals surface area contributed by atoms with Crippen molar-refractivity contribution in [1.29, 1.82) is 0 Å². The largest absolute Gasteiger partial charge is 0.334 e. The fraction of sp³-hybridized carbons (Fsp3) is 0.158. The average Bonchev–Trinajstić information content (AvgIpc) is 2.95. The standard InChI is InChI=1S/C19H20N4O/c1-14-8-6-7-11-16(14)13-20-19(24)21-18-12-17(23(2)22-18)15-9-4-3-5-10-15/h3-12H,13H2,1-2H3,(H2,20,21,22,24). The fourth-order valence-electron chi connectivity index (χ4n) is 2.55. The van der Waals surface area contributed by atoms with Gasteiger partial charge in [0.05, 0.1) is 5.69 Å². The molecule has 0 aliphatic heterocycles. The van der Waals surface area contributed by atoms with E-state index in [1.54, 1.807) is 4.68 Å². The van der Waals surface area contributed by atoms with Crippen molar-refractivity contribution < 1.29 is 4.79 Å². The molecule has 122 valence electrons. The quantitative estimate of drug-likeness (QED) is 0.770. The zero-order valence-corrected chi connectivity index (χ0v) is 13.8. The van der Waals surface area contributed by atoms with Crippen molar-refractivity contribution in [3.05, 3.63) is 71.8 Å². The Morgan fingerprint density at radius 3 is 2.54 bits per heavy atom. The van der Waals surface area contributed by atoms with Crippen LogP contribution in [-0.2, 0) is 13.6 Å². The number of nitrogens with zero attached hydrogens (tertiary/aromatic N) is 2. The van der Waals surface area contributed by atoms with Crippen molar-refractivity contribution in [2.75, 3.05) is 5.32 Å². The third kappa shape index (κ3) is 3.63. The van der Waals surface area contributed by atoms with Crippen molar-refractivity contribution in [3.8, 4) is 11.3 Å². The van der Waals surface area contributed by atoms with Crippen LogP contribution in [0.5, 0.6) is 0 Å². The molecule has 0 aliphatic rings. The molecule has 3 rings (SSSR count). The van der Waals surface area contributed by atoms with E-state index in [1.807, 2.05) is 74.6 Å². The molecule has 24 heavy (non-hydrogen) atoms. The summed E-state index contributed by atoms with van der Waals surface area (Å²) in [4.78, 5) is 12.1. The molecule has 0 unspecified atom stereocenters. The van der Waals surface area contributed by atoms with Crippen LogP contribution in [-0.4, -0.2) is 15.8 Å². The maximum Gasteiger partial charge on any atom is 0.320 e. The molecule has 0 atom stereocenters. The maximum atomic E-state index is 12.1. The van der Waals surface area contributed by atoms with Crippen molar-refractivity contribution in [1.82, 2.24) is 15.1 Å². The highest BCUT2D eigenvalue weighted by Crippen LogP contribution is 2.21. The van der Waals surface area contributed by atoms with Crippen molar-refractivity contribution in [2.24, 2.45) is 7.05 Å². The van der Waals surface area contributed by atoms with Crippen LogP contribution in [0.25, 0.3) is 11.3 Å². The van der Waals surface area contributed by atoms with E-state index in [-0.39, 0.29) is 6.03 Å². The molecular formula is C19H20N4O. The molecule has 5 nitrogen and oxygen atoms in total. The van der Waals surface area contributed by atoms with E-state index in [0.717, 1.165) is 22.4 Å². The van der Waals surface area contributed by atoms with Crippen molar-refractivity contribution in [2.45, 2.75) is 13.5 Å². The normalized spacial score (nSPS) is 10.4. The Hall–Kier alpha value is -3.08. The number of aryl methyl sites for hydroxylation is 2. The van der Waals surface area contributed by atoms with Crippen molar-refractivity contribution >= 4 is 11.8 Å². The van der Waals surface area contributed by atoms with Crippen LogP contribution < -0.4 is 10.6 Å². The summed E-state index contributed by atoms with van der Waals surface area (Å²) in [6, 6.07) is 19.5. The second kappa shape index (κ2) is 7.00. The minimum absolute atomic E-state index is 0.268. The summed E-state index contributed by atoms with van der Waals surface area (Å²) in [6.07, 6.45) is 0. The zero-order chi connectivity index (χ0) is 16.9. The lowest BCUT2D eigenvalue weighted by Crippen LogP contribution is -2.28. The lowest BCUT2D eigenvalue weighted by Gasteiger charge is -2.07. The van der Waals surface area contributed by atoms with Gasteiger partial charge in [-0.2, -0.15) is 5.10 Å². The Balaban J connectivity index is 1.64. The number of aromatic nitrogens is 2. The second-order valence-electron chi connectivity index (χ2n) is 5.64. The minimum atomic E-state index is -0.268. The topological polar surface area (TPSA) is 59.0 Å². The van der Waals surface area contributed by atoms with Gasteiger partial charge in [0.25, 0.3) is 0 Å². The van der Waals surface area contributed by atoms with Gasteiger partial charge < -0.3 is 5.32 Å². The summed E-state index contributed by atoms with van der Waals surface area (Å²) < 4.78 is 1.76. The number of urea groups is 1. The smallest absolute Gasteiger partial charge is 0.320 e. The Bertz CT molecular complexity index is 840. The first kappa shape index (κ1) is 15.8. The molecule has 0 fully saturated rings. The van der Waals surface area contributed by atoms with Crippen molar-refractivity contribution in [3.63, 3.8) is 0 Å². The molecule has 5 heteroatoms. The highest BCUT2D eigenvalue weighted by atomic mass is 16.2. The first-order valence-corrected chi connectivity index (χ1v) is 7.82. The molecule has 0 aliphatic carbocycles. The second-order valence-corrected chi connectivity index (χ2v) is 5.64.